The molecule has 2 rings (SSSR count). The Hall–Kier alpha value is -2.16. The monoisotopic (exact) mass is 428 g/mol. The second-order valence-corrected chi connectivity index (χ2v) is 8.23. The van der Waals surface area contributed by atoms with Crippen molar-refractivity contribution in [2.45, 2.75) is 18.7 Å². The molecule has 0 aliphatic heterocycles. The first-order valence-corrected chi connectivity index (χ1v) is 10.5. The van der Waals surface area contributed by atoms with Gasteiger partial charge in [0, 0.05) is 19.3 Å². The smallest absolute Gasteiger partial charge is 0.243 e. The van der Waals surface area contributed by atoms with Gasteiger partial charge in [0.1, 0.15) is 11.6 Å². The van der Waals surface area contributed by atoms with E-state index in [1.54, 1.807) is 13.8 Å². The molecule has 0 bridgehead atoms. The number of carbonyl (C=O) groups is 1. The number of nitrogens with zero attached hydrogens (tertiary/aromatic N) is 2. The van der Waals surface area contributed by atoms with Crippen molar-refractivity contribution in [3.05, 3.63) is 53.3 Å². The minimum atomic E-state index is -3.94. The summed E-state index contributed by atoms with van der Waals surface area (Å²) in [6.07, 6.45) is 0. The molecule has 0 radical (unpaired) electrons. The first kappa shape index (κ1) is 22.1. The largest absolute Gasteiger partial charge is 0.492 e. The third kappa shape index (κ3) is 5.01. The van der Waals surface area contributed by atoms with Gasteiger partial charge >= 0.3 is 0 Å². The summed E-state index contributed by atoms with van der Waals surface area (Å²) < 4.78 is 45.3. The maximum atomic E-state index is 13.1. The summed E-state index contributed by atoms with van der Waals surface area (Å²) in [4.78, 5) is 13.8. The van der Waals surface area contributed by atoms with Crippen LogP contribution < -0.4 is 9.64 Å². The Balaban J connectivity index is 2.22. The Morgan fingerprint density at radius 3 is 2.32 bits per heavy atom. The lowest BCUT2D eigenvalue weighted by Gasteiger charge is -2.24. The van der Waals surface area contributed by atoms with Gasteiger partial charge in [-0.05, 0) is 49.4 Å². The third-order valence-corrected chi connectivity index (χ3v) is 6.31. The minimum Gasteiger partial charge on any atom is -0.492 e. The SMILES string of the molecule is CCOc1ccc(S(=O)(=O)N(CC)CC(=O)N(C)c2ccc(F)cc2)cc1Cl. The number of carbonyl (C=O) groups excluding carboxylic acids is 1. The van der Waals surface area contributed by atoms with Crippen LogP contribution in [-0.2, 0) is 14.8 Å². The standard InChI is InChI=1S/C19H22ClFN2O4S/c1-4-23(13-19(24)22(3)15-8-6-14(21)7-9-15)28(25,26)16-10-11-18(27-5-2)17(20)12-16/h6-12H,4-5,13H2,1-3H3. The first-order chi connectivity index (χ1) is 13.2. The van der Waals surface area contributed by atoms with Crippen LogP contribution in [0.1, 0.15) is 13.8 Å². The maximum Gasteiger partial charge on any atom is 0.243 e. The molecule has 152 valence electrons. The maximum absolute atomic E-state index is 13.1. The molecule has 0 saturated carbocycles. The van der Waals surface area contributed by atoms with Gasteiger partial charge in [-0.3, -0.25) is 4.79 Å². The molecule has 0 aromatic heterocycles. The molecular formula is C19H22ClFN2O4S. The molecule has 0 heterocycles. The fourth-order valence-corrected chi connectivity index (χ4v) is 4.22. The number of anilines is 1. The van der Waals surface area contributed by atoms with E-state index < -0.39 is 21.7 Å². The highest BCUT2D eigenvalue weighted by molar-refractivity contribution is 7.89. The molecule has 0 spiro atoms. The highest BCUT2D eigenvalue weighted by Crippen LogP contribution is 2.28. The average Bonchev–Trinajstić information content (AvgIpc) is 2.67. The minimum absolute atomic E-state index is 0.0277. The van der Waals surface area contributed by atoms with Gasteiger partial charge in [-0.1, -0.05) is 18.5 Å². The fourth-order valence-electron chi connectivity index (χ4n) is 2.50. The van der Waals surface area contributed by atoms with Crippen molar-refractivity contribution >= 4 is 33.2 Å². The van der Waals surface area contributed by atoms with Gasteiger partial charge in [-0.15, -0.1) is 0 Å². The van der Waals surface area contributed by atoms with E-state index in [-0.39, 0.29) is 23.0 Å². The van der Waals surface area contributed by atoms with E-state index in [0.29, 0.717) is 18.0 Å². The molecule has 28 heavy (non-hydrogen) atoms. The van der Waals surface area contributed by atoms with Crippen LogP contribution in [0.5, 0.6) is 5.75 Å². The zero-order valence-corrected chi connectivity index (χ0v) is 17.4. The quantitative estimate of drug-likeness (QED) is 0.644. The van der Waals surface area contributed by atoms with E-state index in [4.69, 9.17) is 16.3 Å². The summed E-state index contributed by atoms with van der Waals surface area (Å²) in [5.41, 5.74) is 0.462. The van der Waals surface area contributed by atoms with Crippen LogP contribution in [0, 0.1) is 5.82 Å². The van der Waals surface area contributed by atoms with Crippen molar-refractivity contribution in [1.29, 1.82) is 0 Å². The third-order valence-electron chi connectivity index (χ3n) is 4.09. The Labute approximate surface area is 169 Å². The molecule has 2 aromatic carbocycles. The van der Waals surface area contributed by atoms with Gasteiger partial charge in [0.15, 0.2) is 0 Å². The van der Waals surface area contributed by atoms with E-state index in [2.05, 4.69) is 0 Å². The summed E-state index contributed by atoms with van der Waals surface area (Å²) in [5.74, 6) is -0.484. The number of ether oxygens (including phenoxy) is 1. The van der Waals surface area contributed by atoms with E-state index in [9.17, 15) is 17.6 Å². The Kier molecular flexibility index (Phi) is 7.40. The number of rotatable bonds is 8. The molecule has 0 atom stereocenters. The lowest BCUT2D eigenvalue weighted by atomic mass is 10.3. The molecule has 2 aromatic rings. The van der Waals surface area contributed by atoms with Crippen LogP contribution in [0.2, 0.25) is 5.02 Å². The van der Waals surface area contributed by atoms with Crippen LogP contribution in [0.3, 0.4) is 0 Å². The molecular weight excluding hydrogens is 407 g/mol. The van der Waals surface area contributed by atoms with Crippen LogP contribution in [0.25, 0.3) is 0 Å². The van der Waals surface area contributed by atoms with Crippen molar-refractivity contribution in [2.24, 2.45) is 0 Å². The van der Waals surface area contributed by atoms with Crippen molar-refractivity contribution < 1.29 is 22.3 Å². The van der Waals surface area contributed by atoms with Crippen molar-refractivity contribution in [2.75, 3.05) is 31.6 Å². The molecule has 0 saturated heterocycles. The molecule has 1 amide bonds. The van der Waals surface area contributed by atoms with Gasteiger partial charge in [0.25, 0.3) is 0 Å². The van der Waals surface area contributed by atoms with E-state index in [1.165, 1.54) is 54.4 Å². The van der Waals surface area contributed by atoms with Gasteiger partial charge in [-0.2, -0.15) is 4.31 Å². The van der Waals surface area contributed by atoms with Gasteiger partial charge in [0.2, 0.25) is 15.9 Å². The second-order valence-electron chi connectivity index (χ2n) is 5.89. The summed E-state index contributed by atoms with van der Waals surface area (Å²) >= 11 is 6.10. The zero-order chi connectivity index (χ0) is 20.9. The van der Waals surface area contributed by atoms with Crippen molar-refractivity contribution in [3.8, 4) is 5.75 Å². The fraction of sp³-hybridized carbons (Fsp3) is 0.316. The normalized spacial score (nSPS) is 11.5. The molecule has 9 heteroatoms. The first-order valence-electron chi connectivity index (χ1n) is 8.65. The predicted molar refractivity (Wildman–Crippen MR) is 107 cm³/mol. The van der Waals surface area contributed by atoms with Crippen molar-refractivity contribution in [1.82, 2.24) is 4.31 Å². The number of amides is 1. The zero-order valence-electron chi connectivity index (χ0n) is 15.9. The van der Waals surface area contributed by atoms with E-state index >= 15 is 0 Å². The molecule has 0 aliphatic carbocycles. The summed E-state index contributed by atoms with van der Waals surface area (Å²) in [7, 11) is -2.43. The number of hydrogen-bond acceptors (Lipinski definition) is 4. The van der Waals surface area contributed by atoms with Gasteiger partial charge in [-0.25, -0.2) is 12.8 Å². The second kappa shape index (κ2) is 9.36. The molecule has 0 aliphatic rings. The highest BCUT2D eigenvalue weighted by Gasteiger charge is 2.27. The molecule has 6 nitrogen and oxygen atoms in total. The number of hydrogen-bond donors (Lipinski definition) is 0. The number of benzene rings is 2. The molecule has 0 N–H and O–H groups in total. The summed E-state index contributed by atoms with van der Waals surface area (Å²) in [5, 5.41) is 0.175. The van der Waals surface area contributed by atoms with E-state index in [1.807, 2.05) is 0 Å². The van der Waals surface area contributed by atoms with Crippen molar-refractivity contribution in [3.63, 3.8) is 0 Å². The van der Waals surface area contributed by atoms with Crippen LogP contribution in [0.15, 0.2) is 47.4 Å². The lowest BCUT2D eigenvalue weighted by Crippen LogP contribution is -2.41. The number of sulfonamides is 1. The predicted octanol–water partition coefficient (Wildman–Crippen LogP) is 3.55. The van der Waals surface area contributed by atoms with Crippen LogP contribution in [-0.4, -0.2) is 45.4 Å². The molecule has 0 fully saturated rings. The average molecular weight is 429 g/mol. The topological polar surface area (TPSA) is 66.9 Å². The Morgan fingerprint density at radius 1 is 1.14 bits per heavy atom. The molecule has 0 unspecified atom stereocenters. The van der Waals surface area contributed by atoms with Gasteiger partial charge in [0.05, 0.1) is 23.1 Å². The van der Waals surface area contributed by atoms with Gasteiger partial charge < -0.3 is 9.64 Å². The van der Waals surface area contributed by atoms with Crippen LogP contribution >= 0.6 is 11.6 Å². The van der Waals surface area contributed by atoms with E-state index in [0.717, 1.165) is 4.31 Å². The Morgan fingerprint density at radius 2 is 1.79 bits per heavy atom. The Bertz CT molecular complexity index is 935. The highest BCUT2D eigenvalue weighted by atomic mass is 35.5. The lowest BCUT2D eigenvalue weighted by molar-refractivity contribution is -0.118. The summed E-state index contributed by atoms with van der Waals surface area (Å²) in [6, 6.07) is 9.54. The number of likely N-dealkylation sites (N-methyl/N-ethyl adjacent to an activating group) is 2. The van der Waals surface area contributed by atoms with Crippen LogP contribution in [0.4, 0.5) is 10.1 Å². The summed E-state index contributed by atoms with van der Waals surface area (Å²) in [6.45, 7) is 3.56. The number of halogens is 2.